The normalized spacial score (nSPS) is 25.3. The van der Waals surface area contributed by atoms with Gasteiger partial charge in [-0.1, -0.05) is 42.0 Å². The van der Waals surface area contributed by atoms with Crippen LogP contribution >= 0.6 is 0 Å². The quantitative estimate of drug-likeness (QED) is 0.304. The molecule has 0 bridgehead atoms. The fraction of sp³-hybridized carbons (Fsp3) is 0.294. The number of hydrogen-bond donors (Lipinski definition) is 2. The summed E-state index contributed by atoms with van der Waals surface area (Å²) in [5.41, 5.74) is 3.74. The molecular formula is C34H31NO7. The Kier molecular flexibility index (Phi) is 6.93. The van der Waals surface area contributed by atoms with Crippen LogP contribution in [0.25, 0.3) is 6.08 Å². The highest BCUT2D eigenvalue weighted by Crippen LogP contribution is 2.52. The second kappa shape index (κ2) is 10.6. The Bertz CT molecular complexity index is 1640. The van der Waals surface area contributed by atoms with Crippen molar-refractivity contribution in [2.24, 2.45) is 23.7 Å². The van der Waals surface area contributed by atoms with E-state index in [0.717, 1.165) is 16.7 Å². The average Bonchev–Trinajstić information content (AvgIpc) is 3.23. The van der Waals surface area contributed by atoms with Gasteiger partial charge in [-0.3, -0.25) is 24.1 Å². The van der Waals surface area contributed by atoms with Gasteiger partial charge in [0.15, 0.2) is 23.1 Å². The number of imide groups is 1. The summed E-state index contributed by atoms with van der Waals surface area (Å²) in [5, 5.41) is 19.6. The fourth-order valence-corrected chi connectivity index (χ4v) is 6.83. The molecule has 1 aliphatic heterocycles. The second-order valence-corrected chi connectivity index (χ2v) is 11.3. The van der Waals surface area contributed by atoms with Gasteiger partial charge in [0.05, 0.1) is 18.9 Å². The number of hydrogen-bond acceptors (Lipinski definition) is 7. The lowest BCUT2D eigenvalue weighted by atomic mass is 9.60. The minimum absolute atomic E-state index is 0.00611. The van der Waals surface area contributed by atoms with E-state index in [1.54, 1.807) is 43.3 Å². The number of allylic oxidation sites excluding steroid dienone is 7. The molecule has 3 aliphatic carbocycles. The van der Waals surface area contributed by atoms with E-state index in [2.05, 4.69) is 0 Å². The van der Waals surface area contributed by atoms with Crippen LogP contribution in [0, 0.1) is 23.7 Å². The van der Waals surface area contributed by atoms with Crippen LogP contribution in [0.1, 0.15) is 30.9 Å². The summed E-state index contributed by atoms with van der Waals surface area (Å²) in [4.78, 5) is 55.3. The zero-order valence-corrected chi connectivity index (χ0v) is 23.4. The standard InChI is InChI=1S/C34H31NO7/c1-18-15-28(38)26-17-25-22(23(30(26)32(18)39)9-5-20-6-12-27(37)29(16-20)42-2)10-11-24-31(25)34(41)35(33(24)40)14-13-19-3-7-21(36)8-4-19/h3-10,12,15-16,23-25,31,36-37H,11,13-14,17H2,1-2H3/t23-,24-,25+,31-/m0/s1. The Hall–Kier alpha value is -4.72. The molecular weight excluding hydrogens is 534 g/mol. The smallest absolute Gasteiger partial charge is 0.233 e. The average molecular weight is 566 g/mol. The zero-order valence-electron chi connectivity index (χ0n) is 23.4. The summed E-state index contributed by atoms with van der Waals surface area (Å²) in [7, 11) is 1.46. The van der Waals surface area contributed by atoms with Crippen LogP contribution in [0.3, 0.4) is 0 Å². The van der Waals surface area contributed by atoms with Gasteiger partial charge in [-0.05, 0) is 73.6 Å². The highest BCUT2D eigenvalue weighted by Gasteiger charge is 2.55. The predicted molar refractivity (Wildman–Crippen MR) is 154 cm³/mol. The van der Waals surface area contributed by atoms with Crippen molar-refractivity contribution in [3.8, 4) is 17.2 Å². The van der Waals surface area contributed by atoms with Crippen molar-refractivity contribution in [3.05, 3.63) is 94.1 Å². The van der Waals surface area contributed by atoms with Gasteiger partial charge >= 0.3 is 0 Å². The number of Topliss-reactive ketones (excluding diaryl/α,β-unsaturated/α-hetero) is 1. The van der Waals surface area contributed by atoms with E-state index in [4.69, 9.17) is 4.74 Å². The van der Waals surface area contributed by atoms with Crippen LogP contribution in [0.15, 0.2) is 83.0 Å². The van der Waals surface area contributed by atoms with E-state index in [-0.39, 0.29) is 53.8 Å². The van der Waals surface area contributed by atoms with E-state index in [1.807, 2.05) is 18.2 Å². The number of rotatable bonds is 6. The number of fused-ring (bicyclic) bond motifs is 3. The van der Waals surface area contributed by atoms with E-state index in [1.165, 1.54) is 24.2 Å². The molecule has 0 unspecified atom stereocenters. The van der Waals surface area contributed by atoms with Crippen molar-refractivity contribution >= 4 is 29.5 Å². The van der Waals surface area contributed by atoms with E-state index in [0.29, 0.717) is 35.3 Å². The Morgan fingerprint density at radius 1 is 1.00 bits per heavy atom. The number of benzene rings is 2. The summed E-state index contributed by atoms with van der Waals surface area (Å²) in [6.07, 6.45) is 8.13. The molecule has 2 amide bonds. The number of likely N-dealkylation sites (tertiary alicyclic amines) is 1. The van der Waals surface area contributed by atoms with Gasteiger partial charge in [0, 0.05) is 29.2 Å². The molecule has 1 saturated heterocycles. The Balaban J connectivity index is 1.34. The lowest BCUT2D eigenvalue weighted by Gasteiger charge is -2.41. The largest absolute Gasteiger partial charge is 0.508 e. The number of nitrogens with zero attached hydrogens (tertiary/aromatic N) is 1. The summed E-state index contributed by atoms with van der Waals surface area (Å²) >= 11 is 0. The van der Waals surface area contributed by atoms with E-state index < -0.39 is 17.8 Å². The number of ether oxygens (including phenoxy) is 1. The maximum Gasteiger partial charge on any atom is 0.233 e. The van der Waals surface area contributed by atoms with Crippen molar-refractivity contribution < 1.29 is 34.1 Å². The van der Waals surface area contributed by atoms with Gasteiger partial charge in [-0.2, -0.15) is 0 Å². The molecule has 1 heterocycles. The third kappa shape index (κ3) is 4.57. The van der Waals surface area contributed by atoms with Crippen molar-refractivity contribution in [3.63, 3.8) is 0 Å². The van der Waals surface area contributed by atoms with E-state index in [9.17, 15) is 29.4 Å². The number of methoxy groups -OCH3 is 1. The van der Waals surface area contributed by atoms with E-state index >= 15 is 0 Å². The maximum absolute atomic E-state index is 13.8. The number of amides is 2. The summed E-state index contributed by atoms with van der Waals surface area (Å²) in [5.74, 6) is -2.43. The van der Waals surface area contributed by atoms with Gasteiger partial charge in [-0.25, -0.2) is 0 Å². The van der Waals surface area contributed by atoms with Crippen molar-refractivity contribution in [2.45, 2.75) is 26.2 Å². The lowest BCUT2D eigenvalue weighted by molar-refractivity contribution is -0.140. The number of phenols is 2. The molecule has 2 aromatic carbocycles. The van der Waals surface area contributed by atoms with Crippen LogP contribution in [-0.4, -0.2) is 52.1 Å². The molecule has 0 aromatic heterocycles. The highest BCUT2D eigenvalue weighted by atomic mass is 16.5. The topological polar surface area (TPSA) is 121 Å². The molecule has 0 spiro atoms. The van der Waals surface area contributed by atoms with Crippen molar-refractivity contribution in [2.75, 3.05) is 13.7 Å². The molecule has 8 heteroatoms. The van der Waals surface area contributed by atoms with Gasteiger partial charge in [-0.15, -0.1) is 0 Å². The number of aromatic hydroxyl groups is 2. The first kappa shape index (κ1) is 27.4. The van der Waals surface area contributed by atoms with Gasteiger partial charge in [0.1, 0.15) is 5.75 Å². The maximum atomic E-state index is 13.8. The molecule has 1 fully saturated rings. The number of ketones is 2. The summed E-state index contributed by atoms with van der Waals surface area (Å²) in [6, 6.07) is 11.6. The summed E-state index contributed by atoms with van der Waals surface area (Å²) in [6.45, 7) is 1.87. The molecule has 4 atom stereocenters. The Labute approximate surface area is 243 Å². The molecule has 0 saturated carbocycles. The third-order valence-electron chi connectivity index (χ3n) is 8.95. The van der Waals surface area contributed by atoms with Gasteiger partial charge in [0.25, 0.3) is 0 Å². The number of carbonyl (C=O) groups is 4. The van der Waals surface area contributed by atoms with Crippen LogP contribution in [0.2, 0.25) is 0 Å². The molecule has 4 aliphatic rings. The number of phenolic OH excluding ortho intramolecular Hbond substituents is 2. The Morgan fingerprint density at radius 2 is 1.76 bits per heavy atom. The monoisotopic (exact) mass is 565 g/mol. The second-order valence-electron chi connectivity index (χ2n) is 11.3. The molecule has 0 radical (unpaired) electrons. The first-order chi connectivity index (χ1) is 20.2. The molecule has 2 aromatic rings. The van der Waals surface area contributed by atoms with Crippen LogP contribution in [0.5, 0.6) is 17.2 Å². The van der Waals surface area contributed by atoms with Crippen molar-refractivity contribution in [1.29, 1.82) is 0 Å². The molecule has 2 N–H and O–H groups in total. The summed E-state index contributed by atoms with van der Waals surface area (Å²) < 4.78 is 5.23. The molecule has 214 valence electrons. The van der Waals surface area contributed by atoms with Crippen LogP contribution in [-0.2, 0) is 25.6 Å². The van der Waals surface area contributed by atoms with Crippen LogP contribution in [0.4, 0.5) is 0 Å². The zero-order chi connectivity index (χ0) is 29.7. The predicted octanol–water partition coefficient (Wildman–Crippen LogP) is 4.32. The first-order valence-corrected chi connectivity index (χ1v) is 14.1. The highest BCUT2D eigenvalue weighted by molar-refractivity contribution is 6.23. The minimum atomic E-state index is -0.606. The van der Waals surface area contributed by atoms with Crippen LogP contribution < -0.4 is 4.74 Å². The van der Waals surface area contributed by atoms with Crippen molar-refractivity contribution in [1.82, 2.24) is 4.90 Å². The number of carbonyl (C=O) groups excluding carboxylic acids is 4. The first-order valence-electron chi connectivity index (χ1n) is 14.1. The third-order valence-corrected chi connectivity index (χ3v) is 8.95. The SMILES string of the molecule is COc1cc(C=C[C@H]2C3=CC[C@@H]4C(=O)N(CCc5ccc(O)cc5)C(=O)[C@@H]4[C@@H]3CC3=C2C(=O)C(C)=CC3=O)ccc1O. The van der Waals surface area contributed by atoms with Gasteiger partial charge < -0.3 is 14.9 Å². The molecule has 8 nitrogen and oxygen atoms in total. The van der Waals surface area contributed by atoms with Gasteiger partial charge in [0.2, 0.25) is 11.8 Å². The lowest BCUT2D eigenvalue weighted by Crippen LogP contribution is -2.40. The fourth-order valence-electron chi connectivity index (χ4n) is 6.83. The minimum Gasteiger partial charge on any atom is -0.508 e. The molecule has 6 rings (SSSR count). The molecule has 42 heavy (non-hydrogen) atoms. The Morgan fingerprint density at radius 3 is 2.50 bits per heavy atom.